The maximum atomic E-state index is 12.0. The number of halogens is 1. The molecule has 1 aromatic rings. The normalized spacial score (nSPS) is 20.1. The quantitative estimate of drug-likeness (QED) is 0.769. The van der Waals surface area contributed by atoms with Gasteiger partial charge in [0.15, 0.2) is 0 Å². The number of carbonyl (C=O) groups excluding carboxylic acids is 1. The van der Waals surface area contributed by atoms with Crippen LogP contribution in [0.5, 0.6) is 0 Å². The standard InChI is InChI=1S/C11H14BrN3O3S/c1-6-2-7(12)3-9(13)11(6)15-5-8(4-10(15)16)19(14,17)18/h2-3,8H,4-5,13H2,1H3,(H2,14,17,18). The highest BCUT2D eigenvalue weighted by molar-refractivity contribution is 9.10. The fraction of sp³-hybridized carbons (Fsp3) is 0.364. The Morgan fingerprint density at radius 2 is 2.05 bits per heavy atom. The summed E-state index contributed by atoms with van der Waals surface area (Å²) >= 11 is 3.32. The van der Waals surface area contributed by atoms with Crippen molar-refractivity contribution in [3.8, 4) is 0 Å². The van der Waals surface area contributed by atoms with Crippen molar-refractivity contribution in [1.29, 1.82) is 0 Å². The molecule has 0 aromatic heterocycles. The molecule has 1 aliphatic rings. The number of carbonyl (C=O) groups is 1. The van der Waals surface area contributed by atoms with Crippen LogP contribution in [0.25, 0.3) is 0 Å². The molecule has 0 bridgehead atoms. The Balaban J connectivity index is 2.42. The average Bonchev–Trinajstić information content (AvgIpc) is 2.59. The first kappa shape index (κ1) is 14.3. The lowest BCUT2D eigenvalue weighted by Crippen LogP contribution is -2.32. The van der Waals surface area contributed by atoms with Crippen LogP contribution in [0.3, 0.4) is 0 Å². The summed E-state index contributed by atoms with van der Waals surface area (Å²) in [5.41, 5.74) is 7.70. The second-order valence-corrected chi connectivity index (χ2v) is 7.34. The van der Waals surface area contributed by atoms with Crippen LogP contribution in [-0.4, -0.2) is 26.1 Å². The SMILES string of the molecule is Cc1cc(Br)cc(N)c1N1CC(S(N)(=O)=O)CC1=O. The van der Waals surface area contributed by atoms with Crippen LogP contribution in [0.15, 0.2) is 16.6 Å². The number of primary sulfonamides is 1. The second-order valence-electron chi connectivity index (χ2n) is 4.58. The van der Waals surface area contributed by atoms with Crippen LogP contribution < -0.4 is 15.8 Å². The molecule has 1 atom stereocenters. The summed E-state index contributed by atoms with van der Waals surface area (Å²) in [6.45, 7) is 1.86. The maximum Gasteiger partial charge on any atom is 0.228 e. The predicted molar refractivity (Wildman–Crippen MR) is 77.2 cm³/mol. The fourth-order valence-electron chi connectivity index (χ4n) is 2.24. The number of hydrogen-bond donors (Lipinski definition) is 2. The van der Waals surface area contributed by atoms with Gasteiger partial charge in [-0.05, 0) is 24.6 Å². The van der Waals surface area contributed by atoms with E-state index in [4.69, 9.17) is 10.9 Å². The van der Waals surface area contributed by atoms with E-state index in [1.807, 2.05) is 13.0 Å². The molecule has 1 saturated heterocycles. The number of sulfonamides is 1. The van der Waals surface area contributed by atoms with Gasteiger partial charge >= 0.3 is 0 Å². The zero-order chi connectivity index (χ0) is 14.4. The predicted octanol–water partition coefficient (Wildman–Crippen LogP) is 0.734. The molecule has 1 unspecified atom stereocenters. The smallest absolute Gasteiger partial charge is 0.228 e. The Labute approximate surface area is 119 Å². The van der Waals surface area contributed by atoms with E-state index in [2.05, 4.69) is 15.9 Å². The van der Waals surface area contributed by atoms with Crippen molar-refractivity contribution in [3.05, 3.63) is 22.2 Å². The molecule has 6 nitrogen and oxygen atoms in total. The van der Waals surface area contributed by atoms with E-state index >= 15 is 0 Å². The lowest BCUT2D eigenvalue weighted by Gasteiger charge is -2.21. The Hall–Kier alpha value is -1.12. The lowest BCUT2D eigenvalue weighted by atomic mass is 10.1. The van der Waals surface area contributed by atoms with E-state index < -0.39 is 15.3 Å². The zero-order valence-electron chi connectivity index (χ0n) is 10.3. The van der Waals surface area contributed by atoms with Crippen LogP contribution in [0, 0.1) is 6.92 Å². The summed E-state index contributed by atoms with van der Waals surface area (Å²) in [4.78, 5) is 13.4. The van der Waals surface area contributed by atoms with Gasteiger partial charge in [0, 0.05) is 17.4 Å². The summed E-state index contributed by atoms with van der Waals surface area (Å²) < 4.78 is 23.5. The molecule has 4 N–H and O–H groups in total. The van der Waals surface area contributed by atoms with E-state index in [0.29, 0.717) is 11.4 Å². The van der Waals surface area contributed by atoms with Crippen molar-refractivity contribution < 1.29 is 13.2 Å². The molecule has 1 heterocycles. The van der Waals surface area contributed by atoms with Crippen molar-refractivity contribution in [1.82, 2.24) is 0 Å². The molecule has 0 radical (unpaired) electrons. The molecule has 1 aromatic carbocycles. The van der Waals surface area contributed by atoms with E-state index in [1.54, 1.807) is 6.07 Å². The summed E-state index contributed by atoms with van der Waals surface area (Å²) in [6, 6.07) is 3.50. The average molecular weight is 348 g/mol. The summed E-state index contributed by atoms with van der Waals surface area (Å²) in [5.74, 6) is -0.281. The topological polar surface area (TPSA) is 106 Å². The van der Waals surface area contributed by atoms with E-state index in [1.165, 1.54) is 4.90 Å². The summed E-state index contributed by atoms with van der Waals surface area (Å²) in [6.07, 6.45) is -0.103. The lowest BCUT2D eigenvalue weighted by molar-refractivity contribution is -0.117. The number of hydrogen-bond acceptors (Lipinski definition) is 4. The summed E-state index contributed by atoms with van der Waals surface area (Å²) in [7, 11) is -3.72. The van der Waals surface area contributed by atoms with Gasteiger partial charge in [0.1, 0.15) is 5.25 Å². The highest BCUT2D eigenvalue weighted by Gasteiger charge is 2.38. The molecule has 104 valence electrons. The molecule has 1 amide bonds. The molecule has 0 saturated carbocycles. The Bertz CT molecular complexity index is 622. The van der Waals surface area contributed by atoms with Gasteiger partial charge in [0.2, 0.25) is 15.9 Å². The number of nitrogens with zero attached hydrogens (tertiary/aromatic N) is 1. The molecule has 0 aliphatic carbocycles. The van der Waals surface area contributed by atoms with Crippen molar-refractivity contribution in [2.24, 2.45) is 5.14 Å². The molecule has 0 spiro atoms. The first-order valence-corrected chi connectivity index (χ1v) is 7.98. The van der Waals surface area contributed by atoms with Crippen molar-refractivity contribution >= 4 is 43.2 Å². The highest BCUT2D eigenvalue weighted by Crippen LogP contribution is 2.34. The highest BCUT2D eigenvalue weighted by atomic mass is 79.9. The van der Waals surface area contributed by atoms with Gasteiger partial charge < -0.3 is 10.6 Å². The number of amides is 1. The Morgan fingerprint density at radius 3 is 2.53 bits per heavy atom. The first-order valence-electron chi connectivity index (χ1n) is 5.57. The number of anilines is 2. The third-order valence-electron chi connectivity index (χ3n) is 3.12. The monoisotopic (exact) mass is 347 g/mol. The van der Waals surface area contributed by atoms with E-state index in [9.17, 15) is 13.2 Å². The third kappa shape index (κ3) is 2.75. The van der Waals surface area contributed by atoms with Gasteiger partial charge in [-0.2, -0.15) is 0 Å². The maximum absolute atomic E-state index is 12.0. The molecule has 8 heteroatoms. The number of benzene rings is 1. The second kappa shape index (κ2) is 4.77. The minimum Gasteiger partial charge on any atom is -0.397 e. The van der Waals surface area contributed by atoms with Gasteiger partial charge in [-0.3, -0.25) is 4.79 Å². The Kier molecular flexibility index (Phi) is 3.59. The molecular weight excluding hydrogens is 334 g/mol. The Morgan fingerprint density at radius 1 is 1.42 bits per heavy atom. The first-order chi connectivity index (χ1) is 8.70. The number of nitrogens with two attached hydrogens (primary N) is 2. The van der Waals surface area contributed by atoms with Gasteiger partial charge in [-0.1, -0.05) is 15.9 Å². The van der Waals surface area contributed by atoms with Crippen LogP contribution >= 0.6 is 15.9 Å². The van der Waals surface area contributed by atoms with Crippen LogP contribution in [0.2, 0.25) is 0 Å². The van der Waals surface area contributed by atoms with Gasteiger partial charge in [0.05, 0.1) is 11.4 Å². The van der Waals surface area contributed by atoms with Crippen LogP contribution in [0.1, 0.15) is 12.0 Å². The minimum atomic E-state index is -3.72. The van der Waals surface area contributed by atoms with Gasteiger partial charge in [-0.25, -0.2) is 13.6 Å². The molecule has 19 heavy (non-hydrogen) atoms. The number of aryl methyl sites for hydroxylation is 1. The number of rotatable bonds is 2. The van der Waals surface area contributed by atoms with Crippen molar-refractivity contribution in [3.63, 3.8) is 0 Å². The molecule has 2 rings (SSSR count). The van der Waals surface area contributed by atoms with E-state index in [0.717, 1.165) is 10.0 Å². The van der Waals surface area contributed by atoms with Crippen molar-refractivity contribution in [2.45, 2.75) is 18.6 Å². The van der Waals surface area contributed by atoms with Gasteiger partial charge in [-0.15, -0.1) is 0 Å². The molecular formula is C11H14BrN3O3S. The third-order valence-corrected chi connectivity index (χ3v) is 4.82. The van der Waals surface area contributed by atoms with Crippen LogP contribution in [0.4, 0.5) is 11.4 Å². The zero-order valence-corrected chi connectivity index (χ0v) is 12.7. The minimum absolute atomic E-state index is 0.0460. The largest absolute Gasteiger partial charge is 0.397 e. The molecule has 1 aliphatic heterocycles. The summed E-state index contributed by atoms with van der Waals surface area (Å²) in [5, 5.41) is 4.23. The van der Waals surface area contributed by atoms with Gasteiger partial charge in [0.25, 0.3) is 0 Å². The van der Waals surface area contributed by atoms with Crippen LogP contribution in [-0.2, 0) is 14.8 Å². The van der Waals surface area contributed by atoms with E-state index in [-0.39, 0.29) is 18.9 Å². The fourth-order valence-corrected chi connectivity index (χ4v) is 3.56. The number of nitrogen functional groups attached to an aromatic ring is 1. The molecule has 1 fully saturated rings. The van der Waals surface area contributed by atoms with Crippen molar-refractivity contribution in [2.75, 3.05) is 17.2 Å².